The van der Waals surface area contributed by atoms with Gasteiger partial charge >= 0.3 is 0 Å². The van der Waals surface area contributed by atoms with Gasteiger partial charge in [0.15, 0.2) is 0 Å². The van der Waals surface area contributed by atoms with E-state index < -0.39 is 5.82 Å². The Bertz CT molecular complexity index is 713. The van der Waals surface area contributed by atoms with Gasteiger partial charge in [-0.3, -0.25) is 9.36 Å². The third-order valence-corrected chi connectivity index (χ3v) is 3.31. The van der Waals surface area contributed by atoms with Crippen molar-refractivity contribution in [2.45, 2.75) is 26.3 Å². The first-order chi connectivity index (χ1) is 9.92. The summed E-state index contributed by atoms with van der Waals surface area (Å²) in [6.45, 7) is 3.91. The fourth-order valence-corrected chi connectivity index (χ4v) is 2.23. The number of ether oxygens (including phenoxy) is 1. The maximum absolute atomic E-state index is 14.0. The van der Waals surface area contributed by atoms with Crippen LogP contribution in [-0.2, 0) is 6.54 Å². The fourth-order valence-electron chi connectivity index (χ4n) is 2.05. The van der Waals surface area contributed by atoms with E-state index >= 15 is 0 Å². The first-order valence-electron chi connectivity index (χ1n) is 6.52. The van der Waals surface area contributed by atoms with E-state index in [0.29, 0.717) is 17.1 Å². The molecule has 6 heteroatoms. The van der Waals surface area contributed by atoms with Crippen LogP contribution in [0.3, 0.4) is 0 Å². The van der Waals surface area contributed by atoms with Crippen molar-refractivity contribution in [1.82, 2.24) is 9.55 Å². The van der Waals surface area contributed by atoms with Gasteiger partial charge in [-0.2, -0.15) is 0 Å². The molecule has 0 radical (unpaired) electrons. The monoisotopic (exact) mass is 310 g/mol. The molecule has 0 fully saturated rings. The lowest BCUT2D eigenvalue weighted by Gasteiger charge is -2.15. The van der Waals surface area contributed by atoms with E-state index in [4.69, 9.17) is 16.3 Å². The molecule has 2 aromatic rings. The molecule has 112 valence electrons. The zero-order valence-electron chi connectivity index (χ0n) is 12.1. The summed E-state index contributed by atoms with van der Waals surface area (Å²) < 4.78 is 20.4. The van der Waals surface area contributed by atoms with Crippen LogP contribution in [0.1, 0.15) is 31.2 Å². The Balaban J connectivity index is 2.46. The Morgan fingerprint density at radius 2 is 2.10 bits per heavy atom. The highest BCUT2D eigenvalue weighted by Gasteiger charge is 2.14. The number of hydrogen-bond donors (Lipinski definition) is 0. The lowest BCUT2D eigenvalue weighted by atomic mass is 10.1. The van der Waals surface area contributed by atoms with Crippen molar-refractivity contribution in [1.29, 1.82) is 0 Å². The minimum atomic E-state index is -0.425. The molecule has 21 heavy (non-hydrogen) atoms. The van der Waals surface area contributed by atoms with Crippen molar-refractivity contribution < 1.29 is 9.13 Å². The smallest absolute Gasteiger partial charge is 0.255 e. The van der Waals surface area contributed by atoms with E-state index in [9.17, 15) is 9.18 Å². The van der Waals surface area contributed by atoms with Gasteiger partial charge in [0.25, 0.3) is 5.56 Å². The Hall–Kier alpha value is -1.88. The van der Waals surface area contributed by atoms with Crippen LogP contribution in [0.25, 0.3) is 0 Å². The van der Waals surface area contributed by atoms with E-state index in [-0.39, 0.29) is 23.2 Å². The number of methoxy groups -OCH3 is 1. The lowest BCUT2D eigenvalue weighted by molar-refractivity contribution is 0.410. The number of rotatable bonds is 4. The second-order valence-corrected chi connectivity index (χ2v) is 5.36. The second-order valence-electron chi connectivity index (χ2n) is 4.97. The third kappa shape index (κ3) is 3.42. The molecule has 0 unspecified atom stereocenters. The van der Waals surface area contributed by atoms with Crippen molar-refractivity contribution in [2.75, 3.05) is 7.11 Å². The summed E-state index contributed by atoms with van der Waals surface area (Å²) >= 11 is 5.82. The Labute approximate surface area is 127 Å². The topological polar surface area (TPSA) is 44.1 Å². The summed E-state index contributed by atoms with van der Waals surface area (Å²) in [6, 6.07) is 5.77. The SMILES string of the molecule is COc1ccc(Cn2c(C(C)C)nc(Cl)cc2=O)c(F)c1. The van der Waals surface area contributed by atoms with Gasteiger partial charge in [-0.15, -0.1) is 0 Å². The first kappa shape index (κ1) is 15.5. The highest BCUT2D eigenvalue weighted by Crippen LogP contribution is 2.19. The molecule has 0 saturated carbocycles. The van der Waals surface area contributed by atoms with Crippen LogP contribution < -0.4 is 10.3 Å². The number of nitrogens with zero attached hydrogens (tertiary/aromatic N) is 2. The molecule has 1 aromatic carbocycles. The molecule has 0 aliphatic heterocycles. The Morgan fingerprint density at radius 3 is 2.67 bits per heavy atom. The van der Waals surface area contributed by atoms with Crippen molar-refractivity contribution in [3.63, 3.8) is 0 Å². The number of halogens is 2. The molecule has 1 heterocycles. The normalized spacial score (nSPS) is 11.0. The maximum Gasteiger partial charge on any atom is 0.255 e. The second kappa shape index (κ2) is 6.26. The van der Waals surface area contributed by atoms with E-state index in [2.05, 4.69) is 4.98 Å². The predicted molar refractivity (Wildman–Crippen MR) is 79.7 cm³/mol. The van der Waals surface area contributed by atoms with Gasteiger partial charge in [0, 0.05) is 23.6 Å². The molecule has 0 atom stereocenters. The molecule has 0 bridgehead atoms. The van der Waals surface area contributed by atoms with Crippen LogP contribution in [0.4, 0.5) is 4.39 Å². The largest absolute Gasteiger partial charge is 0.497 e. The number of hydrogen-bond acceptors (Lipinski definition) is 3. The van der Waals surface area contributed by atoms with Crippen LogP contribution in [0.15, 0.2) is 29.1 Å². The molecule has 0 aliphatic rings. The number of aromatic nitrogens is 2. The summed E-state index contributed by atoms with van der Waals surface area (Å²) in [7, 11) is 1.47. The minimum Gasteiger partial charge on any atom is -0.497 e. The van der Waals surface area contributed by atoms with Crippen LogP contribution in [0.5, 0.6) is 5.75 Å². The molecule has 0 amide bonds. The zero-order chi connectivity index (χ0) is 15.6. The van der Waals surface area contributed by atoms with Crippen molar-refractivity contribution in [2.24, 2.45) is 0 Å². The molecule has 0 aliphatic carbocycles. The molecular formula is C15H16ClFN2O2. The van der Waals surface area contributed by atoms with Gasteiger partial charge in [0.2, 0.25) is 0 Å². The molecule has 4 nitrogen and oxygen atoms in total. The third-order valence-electron chi connectivity index (χ3n) is 3.11. The molecule has 2 rings (SSSR count). The van der Waals surface area contributed by atoms with Gasteiger partial charge in [-0.1, -0.05) is 31.5 Å². The van der Waals surface area contributed by atoms with E-state index in [1.54, 1.807) is 12.1 Å². The standard InChI is InChI=1S/C15H16ClFN2O2/c1-9(2)15-18-13(16)7-14(20)19(15)8-10-4-5-11(21-3)6-12(10)17/h4-7,9H,8H2,1-3H3. The van der Waals surface area contributed by atoms with Gasteiger partial charge in [0.1, 0.15) is 22.5 Å². The van der Waals surface area contributed by atoms with Crippen LogP contribution in [0.2, 0.25) is 5.15 Å². The Morgan fingerprint density at radius 1 is 1.38 bits per heavy atom. The average Bonchev–Trinajstić information content (AvgIpc) is 2.42. The first-order valence-corrected chi connectivity index (χ1v) is 6.90. The van der Waals surface area contributed by atoms with Crippen molar-refractivity contribution in [3.05, 3.63) is 57.0 Å². The quantitative estimate of drug-likeness (QED) is 0.814. The summed E-state index contributed by atoms with van der Waals surface area (Å²) in [4.78, 5) is 16.3. The summed E-state index contributed by atoms with van der Waals surface area (Å²) in [5, 5.41) is 0.148. The Kier molecular flexibility index (Phi) is 4.63. The fraction of sp³-hybridized carbons (Fsp3) is 0.333. The lowest BCUT2D eigenvalue weighted by Crippen LogP contribution is -2.26. The van der Waals surface area contributed by atoms with E-state index in [0.717, 1.165) is 0 Å². The molecule has 0 N–H and O–H groups in total. The van der Waals surface area contributed by atoms with Crippen LogP contribution >= 0.6 is 11.6 Å². The van der Waals surface area contributed by atoms with E-state index in [1.165, 1.54) is 23.8 Å². The van der Waals surface area contributed by atoms with Gasteiger partial charge < -0.3 is 4.74 Å². The predicted octanol–water partition coefficient (Wildman–Crippen LogP) is 3.22. The van der Waals surface area contributed by atoms with Crippen molar-refractivity contribution in [3.8, 4) is 5.75 Å². The maximum atomic E-state index is 14.0. The molecular weight excluding hydrogens is 295 g/mol. The summed E-state index contributed by atoms with van der Waals surface area (Å²) in [5.74, 6) is 0.535. The molecule has 0 saturated heterocycles. The zero-order valence-corrected chi connectivity index (χ0v) is 12.8. The highest BCUT2D eigenvalue weighted by atomic mass is 35.5. The van der Waals surface area contributed by atoms with Crippen molar-refractivity contribution >= 4 is 11.6 Å². The highest BCUT2D eigenvalue weighted by molar-refractivity contribution is 6.29. The van der Waals surface area contributed by atoms with Crippen LogP contribution in [0, 0.1) is 5.82 Å². The van der Waals surface area contributed by atoms with Gasteiger partial charge in [-0.25, -0.2) is 9.37 Å². The molecule has 1 aromatic heterocycles. The minimum absolute atomic E-state index is 0.00212. The van der Waals surface area contributed by atoms with Crippen LogP contribution in [-0.4, -0.2) is 16.7 Å². The van der Waals surface area contributed by atoms with Gasteiger partial charge in [0.05, 0.1) is 13.7 Å². The van der Waals surface area contributed by atoms with Gasteiger partial charge in [-0.05, 0) is 6.07 Å². The number of benzene rings is 1. The summed E-state index contributed by atoms with van der Waals surface area (Å²) in [6.07, 6.45) is 0. The van der Waals surface area contributed by atoms with E-state index in [1.807, 2.05) is 13.8 Å². The summed E-state index contributed by atoms with van der Waals surface area (Å²) in [5.41, 5.74) is 0.0952. The average molecular weight is 311 g/mol. The molecule has 0 spiro atoms.